The second-order valence-corrected chi connectivity index (χ2v) is 6.34. The molecule has 0 aromatic heterocycles. The molecule has 0 aliphatic carbocycles. The van der Waals surface area contributed by atoms with Crippen LogP contribution in [0.5, 0.6) is 5.75 Å². The van der Waals surface area contributed by atoms with Crippen LogP contribution in [0.25, 0.3) is 0 Å². The number of benzene rings is 2. The van der Waals surface area contributed by atoms with Gasteiger partial charge in [0.1, 0.15) is 5.75 Å². The predicted octanol–water partition coefficient (Wildman–Crippen LogP) is 5.56. The average Bonchev–Trinajstić information content (AvgIpc) is 2.38. The van der Waals surface area contributed by atoms with Crippen LogP contribution in [-0.2, 0) is 0 Å². The Bertz CT molecular complexity index is 570. The zero-order valence-corrected chi connectivity index (χ0v) is 14.4. The molecule has 0 amide bonds. The summed E-state index contributed by atoms with van der Waals surface area (Å²) in [5.41, 5.74) is 4.79. The highest BCUT2D eigenvalue weighted by atomic mass is 79.9. The highest BCUT2D eigenvalue weighted by Crippen LogP contribution is 2.37. The van der Waals surface area contributed by atoms with Crippen molar-refractivity contribution in [1.82, 2.24) is 0 Å². The van der Waals surface area contributed by atoms with Crippen molar-refractivity contribution in [2.45, 2.75) is 18.7 Å². The SMILES string of the molecule is COc1c(C)cc(C(Br)c2ccccc2Br)cc1C. The molecule has 0 bridgehead atoms. The Morgan fingerprint density at radius 2 is 1.63 bits per heavy atom. The normalized spacial score (nSPS) is 12.3. The monoisotopic (exact) mass is 382 g/mol. The number of hydrogen-bond acceptors (Lipinski definition) is 1. The first-order chi connectivity index (χ1) is 9.04. The molecular weight excluding hydrogens is 368 g/mol. The van der Waals surface area contributed by atoms with E-state index in [0.717, 1.165) is 21.3 Å². The van der Waals surface area contributed by atoms with Crippen LogP contribution in [0.1, 0.15) is 27.1 Å². The van der Waals surface area contributed by atoms with Gasteiger partial charge in [-0.25, -0.2) is 0 Å². The Kier molecular flexibility index (Phi) is 4.69. The van der Waals surface area contributed by atoms with Gasteiger partial charge in [-0.1, -0.05) is 62.2 Å². The molecule has 0 N–H and O–H groups in total. The van der Waals surface area contributed by atoms with Crippen LogP contribution in [0.2, 0.25) is 0 Å². The smallest absolute Gasteiger partial charge is 0.124 e. The van der Waals surface area contributed by atoms with Crippen molar-refractivity contribution in [2.24, 2.45) is 0 Å². The number of halogens is 2. The van der Waals surface area contributed by atoms with E-state index in [1.54, 1.807) is 7.11 Å². The molecular formula is C16H16Br2O. The van der Waals surface area contributed by atoms with Crippen LogP contribution in [0.3, 0.4) is 0 Å². The Morgan fingerprint density at radius 1 is 1.05 bits per heavy atom. The van der Waals surface area contributed by atoms with Gasteiger partial charge in [-0.2, -0.15) is 0 Å². The van der Waals surface area contributed by atoms with Crippen LogP contribution in [0.4, 0.5) is 0 Å². The molecule has 2 aromatic rings. The van der Waals surface area contributed by atoms with E-state index in [-0.39, 0.29) is 4.83 Å². The maximum Gasteiger partial charge on any atom is 0.124 e. The molecule has 0 aliphatic rings. The molecule has 1 atom stereocenters. The van der Waals surface area contributed by atoms with Crippen LogP contribution < -0.4 is 4.74 Å². The van der Waals surface area contributed by atoms with Gasteiger partial charge in [0, 0.05) is 4.47 Å². The maximum atomic E-state index is 5.42. The maximum absolute atomic E-state index is 5.42. The first-order valence-electron chi connectivity index (χ1n) is 6.08. The number of rotatable bonds is 3. The van der Waals surface area contributed by atoms with Gasteiger partial charge in [-0.3, -0.25) is 0 Å². The summed E-state index contributed by atoms with van der Waals surface area (Å²) in [6, 6.07) is 12.6. The van der Waals surface area contributed by atoms with Crippen LogP contribution in [0.15, 0.2) is 40.9 Å². The van der Waals surface area contributed by atoms with Crippen molar-refractivity contribution in [1.29, 1.82) is 0 Å². The molecule has 0 fully saturated rings. The Morgan fingerprint density at radius 3 is 2.16 bits per heavy atom. The Hall–Kier alpha value is -0.800. The minimum absolute atomic E-state index is 0.173. The average molecular weight is 384 g/mol. The fourth-order valence-corrected chi connectivity index (χ4v) is 3.80. The summed E-state index contributed by atoms with van der Waals surface area (Å²) in [5.74, 6) is 0.968. The second-order valence-electron chi connectivity index (χ2n) is 4.57. The third-order valence-corrected chi connectivity index (χ3v) is 4.90. The molecule has 19 heavy (non-hydrogen) atoms. The predicted molar refractivity (Wildman–Crippen MR) is 87.4 cm³/mol. The number of hydrogen-bond donors (Lipinski definition) is 0. The number of alkyl halides is 1. The lowest BCUT2D eigenvalue weighted by atomic mass is 9.99. The number of ether oxygens (including phenoxy) is 1. The summed E-state index contributed by atoms with van der Waals surface area (Å²) in [4.78, 5) is 0.173. The van der Waals surface area contributed by atoms with Crippen molar-refractivity contribution in [3.05, 3.63) is 63.1 Å². The van der Waals surface area contributed by atoms with Crippen molar-refractivity contribution >= 4 is 31.9 Å². The minimum atomic E-state index is 0.173. The first kappa shape index (κ1) is 14.6. The summed E-state index contributed by atoms with van der Waals surface area (Å²) >= 11 is 7.39. The molecule has 1 nitrogen and oxygen atoms in total. The quantitative estimate of drug-likeness (QED) is 0.630. The summed E-state index contributed by atoms with van der Waals surface area (Å²) in [6.07, 6.45) is 0. The van der Waals surface area contributed by atoms with Crippen molar-refractivity contribution in [3.63, 3.8) is 0 Å². The van der Waals surface area contributed by atoms with Crippen LogP contribution >= 0.6 is 31.9 Å². The Balaban J connectivity index is 2.45. The van der Waals surface area contributed by atoms with Gasteiger partial charge < -0.3 is 4.74 Å². The third kappa shape index (κ3) is 3.03. The largest absolute Gasteiger partial charge is 0.496 e. The van der Waals surface area contributed by atoms with E-state index >= 15 is 0 Å². The van der Waals surface area contributed by atoms with E-state index in [1.165, 1.54) is 11.1 Å². The van der Waals surface area contributed by atoms with Crippen LogP contribution in [-0.4, -0.2) is 7.11 Å². The molecule has 0 aliphatic heterocycles. The van der Waals surface area contributed by atoms with E-state index in [1.807, 2.05) is 6.07 Å². The highest BCUT2D eigenvalue weighted by molar-refractivity contribution is 9.11. The molecule has 0 radical (unpaired) electrons. The first-order valence-corrected chi connectivity index (χ1v) is 7.79. The summed E-state index contributed by atoms with van der Waals surface area (Å²) in [7, 11) is 1.72. The molecule has 3 heteroatoms. The van der Waals surface area contributed by atoms with Gasteiger partial charge in [-0.05, 0) is 42.2 Å². The summed E-state index contributed by atoms with van der Waals surface area (Å²) < 4.78 is 6.53. The minimum Gasteiger partial charge on any atom is -0.496 e. The van der Waals surface area contributed by atoms with E-state index in [0.29, 0.717) is 0 Å². The van der Waals surface area contributed by atoms with Crippen molar-refractivity contribution in [2.75, 3.05) is 7.11 Å². The van der Waals surface area contributed by atoms with Gasteiger partial charge in [0.05, 0.1) is 11.9 Å². The van der Waals surface area contributed by atoms with Gasteiger partial charge in [0.2, 0.25) is 0 Å². The lowest BCUT2D eigenvalue weighted by molar-refractivity contribution is 0.408. The van der Waals surface area contributed by atoms with Gasteiger partial charge in [-0.15, -0.1) is 0 Å². The molecule has 100 valence electrons. The molecule has 0 saturated heterocycles. The molecule has 0 heterocycles. The summed E-state index contributed by atoms with van der Waals surface area (Å²) in [5, 5.41) is 0. The van der Waals surface area contributed by atoms with Gasteiger partial charge in [0.25, 0.3) is 0 Å². The van der Waals surface area contributed by atoms with Gasteiger partial charge in [0.15, 0.2) is 0 Å². The second kappa shape index (κ2) is 6.10. The molecule has 2 rings (SSSR count). The lowest BCUT2D eigenvalue weighted by Gasteiger charge is -2.16. The number of aryl methyl sites for hydroxylation is 2. The fraction of sp³-hybridized carbons (Fsp3) is 0.250. The highest BCUT2D eigenvalue weighted by Gasteiger charge is 2.15. The molecule has 1 unspecified atom stereocenters. The van der Waals surface area contributed by atoms with Crippen molar-refractivity contribution < 1.29 is 4.74 Å². The summed E-state index contributed by atoms with van der Waals surface area (Å²) in [6.45, 7) is 4.16. The zero-order valence-electron chi connectivity index (χ0n) is 11.2. The van der Waals surface area contributed by atoms with E-state index in [2.05, 4.69) is 76.0 Å². The zero-order chi connectivity index (χ0) is 14.0. The van der Waals surface area contributed by atoms with E-state index in [9.17, 15) is 0 Å². The molecule has 2 aromatic carbocycles. The molecule has 0 spiro atoms. The van der Waals surface area contributed by atoms with Crippen molar-refractivity contribution in [3.8, 4) is 5.75 Å². The van der Waals surface area contributed by atoms with Gasteiger partial charge >= 0.3 is 0 Å². The van der Waals surface area contributed by atoms with E-state index < -0.39 is 0 Å². The fourth-order valence-electron chi connectivity index (χ4n) is 2.31. The van der Waals surface area contributed by atoms with Crippen LogP contribution in [0, 0.1) is 13.8 Å². The molecule has 0 saturated carbocycles. The third-order valence-electron chi connectivity index (χ3n) is 3.16. The lowest BCUT2D eigenvalue weighted by Crippen LogP contribution is -1.98. The number of methoxy groups -OCH3 is 1. The van der Waals surface area contributed by atoms with E-state index in [4.69, 9.17) is 4.74 Å². The topological polar surface area (TPSA) is 9.23 Å². The standard InChI is InChI=1S/C16H16Br2O/c1-10-8-12(9-11(2)16(10)19-3)15(18)13-6-4-5-7-14(13)17/h4-9,15H,1-3H3. The Labute approximate surface area is 131 Å².